The molecule has 0 saturated carbocycles. The Kier molecular flexibility index (Phi) is 7.88. The number of nitrogens with one attached hydrogen (secondary N) is 1. The Hall–Kier alpha value is -5.38. The number of carbonyl (C=O) groups excluding carboxylic acids is 2. The van der Waals surface area contributed by atoms with Crippen LogP contribution >= 0.6 is 0 Å². The van der Waals surface area contributed by atoms with Gasteiger partial charge in [0.25, 0.3) is 11.6 Å². The number of piperazine rings is 1. The van der Waals surface area contributed by atoms with Crippen molar-refractivity contribution in [3.05, 3.63) is 112 Å². The Morgan fingerprint density at radius 1 is 0.867 bits per heavy atom. The van der Waals surface area contributed by atoms with Crippen LogP contribution in [0.3, 0.4) is 0 Å². The number of anilines is 4. The number of hydrogen-bond donors (Lipinski definition) is 1. The van der Waals surface area contributed by atoms with E-state index < -0.39 is 10.5 Å². The quantitative estimate of drug-likeness (QED) is 0.189. The van der Waals surface area contributed by atoms with E-state index in [0.717, 1.165) is 22.4 Å². The van der Waals surface area contributed by atoms with Crippen LogP contribution < -0.4 is 15.1 Å². The second-order valence-corrected chi connectivity index (χ2v) is 12.2. The molecule has 6 rings (SSSR count). The van der Waals surface area contributed by atoms with Gasteiger partial charge in [0.1, 0.15) is 5.60 Å². The number of nitrogens with zero attached hydrogens (tertiary/aromatic N) is 4. The van der Waals surface area contributed by atoms with Crippen molar-refractivity contribution >= 4 is 40.4 Å². The predicted octanol–water partition coefficient (Wildman–Crippen LogP) is 7.22. The number of fused-ring (bicyclic) bond motifs is 2. The largest absolute Gasteiger partial charge is 0.444 e. The van der Waals surface area contributed by atoms with Gasteiger partial charge in [0.05, 0.1) is 34.1 Å². The van der Waals surface area contributed by atoms with Gasteiger partial charge >= 0.3 is 6.09 Å². The van der Waals surface area contributed by atoms with Crippen LogP contribution in [0.15, 0.2) is 91.0 Å². The summed E-state index contributed by atoms with van der Waals surface area (Å²) in [5.41, 5.74) is 5.37. The molecule has 0 bridgehead atoms. The lowest BCUT2D eigenvalue weighted by molar-refractivity contribution is -0.384. The van der Waals surface area contributed by atoms with Crippen LogP contribution in [0.4, 0.5) is 33.2 Å². The summed E-state index contributed by atoms with van der Waals surface area (Å²) >= 11 is 0. The molecule has 2 amide bonds. The topological polar surface area (TPSA) is 108 Å². The van der Waals surface area contributed by atoms with Gasteiger partial charge in [-0.3, -0.25) is 14.9 Å². The average Bonchev–Trinajstić information content (AvgIpc) is 3.14. The molecule has 10 nitrogen and oxygen atoms in total. The smallest absolute Gasteiger partial charge is 0.410 e. The standard InChI is InChI=1S/C35H35N5O5/c1-35(2,3)45-34(42)38-19-17-37(18-20-38)27-12-9-25(10-13-27)26-11-15-30-29(21-26)33(41)39(23-24-7-5-4-6-8-24)32-22-28(40(43)44)14-16-31(32)36-30/h4-16,21-22,36H,17-20,23H2,1-3H3. The van der Waals surface area contributed by atoms with Gasteiger partial charge in [-0.2, -0.15) is 0 Å². The van der Waals surface area contributed by atoms with Crippen molar-refractivity contribution in [1.29, 1.82) is 0 Å². The van der Waals surface area contributed by atoms with Crippen molar-refractivity contribution in [3.8, 4) is 11.1 Å². The normalized spacial score (nSPS) is 14.6. The maximum absolute atomic E-state index is 14.2. The number of non-ortho nitro benzene ring substituents is 1. The van der Waals surface area contributed by atoms with E-state index in [1.54, 1.807) is 15.9 Å². The molecular formula is C35H35N5O5. The van der Waals surface area contributed by atoms with Crippen LogP contribution in [-0.4, -0.2) is 53.6 Å². The van der Waals surface area contributed by atoms with Crippen LogP contribution in [-0.2, 0) is 11.3 Å². The summed E-state index contributed by atoms with van der Waals surface area (Å²) in [7, 11) is 0. The molecule has 0 radical (unpaired) electrons. The van der Waals surface area contributed by atoms with Crippen molar-refractivity contribution in [3.63, 3.8) is 0 Å². The number of nitro benzene ring substituents is 1. The van der Waals surface area contributed by atoms with E-state index in [-0.39, 0.29) is 24.2 Å². The van der Waals surface area contributed by atoms with E-state index in [4.69, 9.17) is 4.74 Å². The fraction of sp³-hybridized carbons (Fsp3) is 0.257. The Morgan fingerprint density at radius 2 is 1.53 bits per heavy atom. The van der Waals surface area contributed by atoms with Gasteiger partial charge in [0.2, 0.25) is 0 Å². The minimum atomic E-state index is -0.522. The first kappa shape index (κ1) is 29.7. The van der Waals surface area contributed by atoms with Gasteiger partial charge in [-0.15, -0.1) is 0 Å². The first-order valence-corrected chi connectivity index (χ1v) is 14.9. The van der Waals surface area contributed by atoms with Gasteiger partial charge in [0, 0.05) is 44.0 Å². The minimum Gasteiger partial charge on any atom is -0.444 e. The molecular weight excluding hydrogens is 570 g/mol. The van der Waals surface area contributed by atoms with Crippen LogP contribution in [0.1, 0.15) is 36.7 Å². The van der Waals surface area contributed by atoms with Gasteiger partial charge < -0.3 is 24.8 Å². The summed E-state index contributed by atoms with van der Waals surface area (Å²) in [6, 6.07) is 28.0. The highest BCUT2D eigenvalue weighted by Crippen LogP contribution is 2.40. The van der Waals surface area contributed by atoms with Gasteiger partial charge in [-0.25, -0.2) is 4.79 Å². The minimum absolute atomic E-state index is 0.0839. The van der Waals surface area contributed by atoms with E-state index in [1.165, 1.54) is 12.1 Å². The number of ether oxygens (including phenoxy) is 1. The third kappa shape index (κ3) is 6.45. The monoisotopic (exact) mass is 605 g/mol. The fourth-order valence-corrected chi connectivity index (χ4v) is 5.63. The molecule has 0 aromatic heterocycles. The molecule has 4 aromatic carbocycles. The Balaban J connectivity index is 1.24. The number of nitro groups is 1. The van der Waals surface area contributed by atoms with Crippen LogP contribution in [0.25, 0.3) is 11.1 Å². The molecule has 0 spiro atoms. The molecule has 2 aliphatic heterocycles. The molecule has 4 aromatic rings. The Labute approximate surface area is 262 Å². The first-order valence-electron chi connectivity index (χ1n) is 14.9. The van der Waals surface area contributed by atoms with Crippen molar-refractivity contribution in [2.75, 3.05) is 41.3 Å². The summed E-state index contributed by atoms with van der Waals surface area (Å²) in [6.07, 6.45) is -0.284. The summed E-state index contributed by atoms with van der Waals surface area (Å²) in [4.78, 5) is 43.3. The molecule has 0 unspecified atom stereocenters. The van der Waals surface area contributed by atoms with E-state index in [9.17, 15) is 19.7 Å². The maximum atomic E-state index is 14.2. The molecule has 1 saturated heterocycles. The third-order valence-corrected chi connectivity index (χ3v) is 7.93. The maximum Gasteiger partial charge on any atom is 0.410 e. The van der Waals surface area contributed by atoms with E-state index in [0.29, 0.717) is 48.8 Å². The SMILES string of the molecule is CC(C)(C)OC(=O)N1CCN(c2ccc(-c3ccc4c(c3)C(=O)N(Cc3ccccc3)c3cc([N+](=O)[O-])ccc3N4)cc2)CC1. The second-order valence-electron chi connectivity index (χ2n) is 12.2. The summed E-state index contributed by atoms with van der Waals surface area (Å²) in [5, 5.41) is 14.9. The lowest BCUT2D eigenvalue weighted by atomic mass is 10.0. The number of amides is 2. The van der Waals surface area contributed by atoms with Gasteiger partial charge in [-0.1, -0.05) is 48.5 Å². The summed E-state index contributed by atoms with van der Waals surface area (Å²) < 4.78 is 5.52. The van der Waals surface area contributed by atoms with Crippen molar-refractivity contribution in [2.24, 2.45) is 0 Å². The number of carbonyl (C=O) groups is 2. The highest BCUT2D eigenvalue weighted by atomic mass is 16.6. The highest BCUT2D eigenvalue weighted by molar-refractivity contribution is 6.14. The molecule has 230 valence electrons. The second kappa shape index (κ2) is 12.0. The van der Waals surface area contributed by atoms with Gasteiger partial charge in [-0.05, 0) is 67.8 Å². The van der Waals surface area contributed by atoms with E-state index >= 15 is 0 Å². The summed E-state index contributed by atoms with van der Waals surface area (Å²) in [5.74, 6) is -0.248. The fourth-order valence-electron chi connectivity index (χ4n) is 5.63. The van der Waals surface area contributed by atoms with Crippen molar-refractivity contribution in [2.45, 2.75) is 32.9 Å². The highest BCUT2D eigenvalue weighted by Gasteiger charge is 2.29. The zero-order valence-electron chi connectivity index (χ0n) is 25.5. The predicted molar refractivity (Wildman–Crippen MR) is 175 cm³/mol. The molecule has 1 fully saturated rings. The Morgan fingerprint density at radius 3 is 2.20 bits per heavy atom. The van der Waals surface area contributed by atoms with Crippen LogP contribution in [0.5, 0.6) is 0 Å². The molecule has 1 N–H and O–H groups in total. The molecule has 10 heteroatoms. The lowest BCUT2D eigenvalue weighted by Gasteiger charge is -2.36. The molecule has 0 atom stereocenters. The van der Waals surface area contributed by atoms with E-state index in [2.05, 4.69) is 22.3 Å². The van der Waals surface area contributed by atoms with Gasteiger partial charge in [0.15, 0.2) is 0 Å². The van der Waals surface area contributed by atoms with Crippen molar-refractivity contribution in [1.82, 2.24) is 4.90 Å². The molecule has 2 heterocycles. The van der Waals surface area contributed by atoms with Crippen molar-refractivity contribution < 1.29 is 19.2 Å². The zero-order chi connectivity index (χ0) is 31.7. The van der Waals surface area contributed by atoms with Crippen LogP contribution in [0.2, 0.25) is 0 Å². The molecule has 45 heavy (non-hydrogen) atoms. The molecule has 0 aliphatic carbocycles. The zero-order valence-corrected chi connectivity index (χ0v) is 25.5. The first-order chi connectivity index (χ1) is 21.6. The van der Waals surface area contributed by atoms with Crippen LogP contribution in [0, 0.1) is 10.1 Å². The number of rotatable bonds is 5. The average molecular weight is 606 g/mol. The third-order valence-electron chi connectivity index (χ3n) is 7.93. The molecule has 2 aliphatic rings. The number of benzene rings is 4. The van der Waals surface area contributed by atoms with E-state index in [1.807, 2.05) is 81.4 Å². The number of hydrogen-bond acceptors (Lipinski definition) is 7. The lowest BCUT2D eigenvalue weighted by Crippen LogP contribution is -2.50. The summed E-state index contributed by atoms with van der Waals surface area (Å²) in [6.45, 7) is 8.44. The Bertz CT molecular complexity index is 1740.